The first kappa shape index (κ1) is 21.1. The van der Waals surface area contributed by atoms with Crippen LogP contribution in [0, 0.1) is 0 Å². The van der Waals surface area contributed by atoms with Gasteiger partial charge in [0.05, 0.1) is 0 Å². The molecule has 164 valence electrons. The average molecular weight is 436 g/mol. The van der Waals surface area contributed by atoms with Crippen LogP contribution in [0.25, 0.3) is 11.0 Å². The number of hydrogen-bond acceptors (Lipinski definition) is 7. The molecule has 0 radical (unpaired) electrons. The van der Waals surface area contributed by atoms with E-state index in [1.807, 2.05) is 0 Å². The molecule has 9 heteroatoms. The summed E-state index contributed by atoms with van der Waals surface area (Å²) < 4.78 is 15.3. The van der Waals surface area contributed by atoms with Crippen molar-refractivity contribution in [3.05, 3.63) is 70.6 Å². The molecule has 3 aromatic rings. The molecule has 9 nitrogen and oxygen atoms in total. The zero-order valence-electron chi connectivity index (χ0n) is 17.0. The molecule has 2 N–H and O–H groups in total. The van der Waals surface area contributed by atoms with Crippen LogP contribution in [-0.4, -0.2) is 37.0 Å². The number of nitrogens with one attached hydrogen (secondary N) is 2. The molecule has 1 heterocycles. The quantitative estimate of drug-likeness (QED) is 0.410. The fourth-order valence-electron chi connectivity index (χ4n) is 2.89. The van der Waals surface area contributed by atoms with Gasteiger partial charge < -0.3 is 24.5 Å². The lowest BCUT2D eigenvalue weighted by Crippen LogP contribution is -2.26. The van der Waals surface area contributed by atoms with Crippen molar-refractivity contribution in [2.24, 2.45) is 0 Å². The molecule has 1 aromatic heterocycles. The van der Waals surface area contributed by atoms with Crippen molar-refractivity contribution >= 4 is 34.4 Å². The maximum atomic E-state index is 12.1. The zero-order valence-corrected chi connectivity index (χ0v) is 17.0. The van der Waals surface area contributed by atoms with E-state index in [1.54, 1.807) is 42.5 Å². The van der Waals surface area contributed by atoms with Crippen molar-refractivity contribution in [1.29, 1.82) is 0 Å². The minimum absolute atomic E-state index is 0.194. The lowest BCUT2D eigenvalue weighted by Gasteiger charge is -2.09. The summed E-state index contributed by atoms with van der Waals surface area (Å²) in [5.41, 5.74) is 0.694. The van der Waals surface area contributed by atoms with Gasteiger partial charge in [0.1, 0.15) is 11.3 Å². The summed E-state index contributed by atoms with van der Waals surface area (Å²) in [7, 11) is 0. The lowest BCUT2D eigenvalue weighted by atomic mass is 10.2. The summed E-state index contributed by atoms with van der Waals surface area (Å²) in [4.78, 5) is 47.4. The molecular formula is C23H20N2O7. The van der Waals surface area contributed by atoms with E-state index in [4.69, 9.17) is 13.9 Å². The number of anilines is 1. The topological polar surface area (TPSA) is 124 Å². The third kappa shape index (κ3) is 5.72. The number of carbonyl (C=O) groups is 3. The van der Waals surface area contributed by atoms with E-state index in [0.29, 0.717) is 28.0 Å². The Kier molecular flexibility index (Phi) is 6.16. The molecular weight excluding hydrogens is 416 g/mol. The van der Waals surface area contributed by atoms with Crippen LogP contribution in [0.15, 0.2) is 63.8 Å². The maximum absolute atomic E-state index is 12.1. The van der Waals surface area contributed by atoms with Gasteiger partial charge >= 0.3 is 11.6 Å². The predicted octanol–water partition coefficient (Wildman–Crippen LogP) is 2.25. The number of carbonyl (C=O) groups excluding carboxylic acids is 3. The molecule has 0 bridgehead atoms. The number of ether oxygens (including phenoxy) is 2. The molecule has 2 amide bonds. The van der Waals surface area contributed by atoms with Gasteiger partial charge in [-0.3, -0.25) is 9.59 Å². The van der Waals surface area contributed by atoms with Gasteiger partial charge in [-0.2, -0.15) is 0 Å². The molecule has 32 heavy (non-hydrogen) atoms. The summed E-state index contributed by atoms with van der Waals surface area (Å²) in [6.45, 7) is -0.931. The van der Waals surface area contributed by atoms with Crippen LogP contribution in [0.2, 0.25) is 0 Å². The van der Waals surface area contributed by atoms with Gasteiger partial charge in [-0.05, 0) is 49.2 Å². The monoisotopic (exact) mass is 436 g/mol. The Morgan fingerprint density at radius 3 is 2.62 bits per heavy atom. The second kappa shape index (κ2) is 9.34. The highest BCUT2D eigenvalue weighted by Crippen LogP contribution is 2.20. The summed E-state index contributed by atoms with van der Waals surface area (Å²) >= 11 is 0. The summed E-state index contributed by atoms with van der Waals surface area (Å²) in [5.74, 6) is -1.17. The number of esters is 1. The first-order chi connectivity index (χ1) is 15.5. The second-order valence-corrected chi connectivity index (χ2v) is 7.28. The van der Waals surface area contributed by atoms with E-state index in [0.717, 1.165) is 12.8 Å². The highest BCUT2D eigenvalue weighted by Gasteiger charge is 2.23. The Bertz CT molecular complexity index is 1230. The molecule has 4 rings (SSSR count). The number of amides is 2. The molecule has 2 aromatic carbocycles. The van der Waals surface area contributed by atoms with E-state index >= 15 is 0 Å². The van der Waals surface area contributed by atoms with E-state index in [-0.39, 0.29) is 11.9 Å². The lowest BCUT2D eigenvalue weighted by molar-refractivity contribution is -0.149. The van der Waals surface area contributed by atoms with Crippen LogP contribution in [0.3, 0.4) is 0 Å². The zero-order chi connectivity index (χ0) is 22.5. The summed E-state index contributed by atoms with van der Waals surface area (Å²) in [6, 6.07) is 14.5. The first-order valence-corrected chi connectivity index (χ1v) is 9.99. The standard InChI is InChI=1S/C23H20N2O7/c26-20(24-17-3-1-2-15(10-17)23(29)25-16-6-7-16)12-31-22(28)13-30-18-8-4-14-5-9-21(27)32-19(14)11-18/h1-5,8-11,16H,6-7,12-13H2,(H,24,26)(H,25,29). The predicted molar refractivity (Wildman–Crippen MR) is 114 cm³/mol. The fraction of sp³-hybridized carbons (Fsp3) is 0.217. The number of hydrogen-bond donors (Lipinski definition) is 2. The number of fused-ring (bicyclic) bond motifs is 1. The van der Waals surface area contributed by atoms with Crippen molar-refractivity contribution in [2.45, 2.75) is 18.9 Å². The van der Waals surface area contributed by atoms with Gasteiger partial charge in [0.25, 0.3) is 11.8 Å². The van der Waals surface area contributed by atoms with Gasteiger partial charge in [0.15, 0.2) is 13.2 Å². The summed E-state index contributed by atoms with van der Waals surface area (Å²) in [5, 5.41) is 6.17. The first-order valence-electron chi connectivity index (χ1n) is 9.99. The molecule has 1 aliphatic carbocycles. The summed E-state index contributed by atoms with van der Waals surface area (Å²) in [6.07, 6.45) is 1.96. The van der Waals surface area contributed by atoms with Crippen LogP contribution >= 0.6 is 0 Å². The Morgan fingerprint density at radius 2 is 1.81 bits per heavy atom. The minimum Gasteiger partial charge on any atom is -0.482 e. The van der Waals surface area contributed by atoms with Crippen LogP contribution in [0.1, 0.15) is 23.2 Å². The molecule has 1 saturated carbocycles. The molecule has 0 aliphatic heterocycles. The number of rotatable bonds is 8. The largest absolute Gasteiger partial charge is 0.482 e. The van der Waals surface area contributed by atoms with Crippen LogP contribution < -0.4 is 21.0 Å². The fourth-order valence-corrected chi connectivity index (χ4v) is 2.89. The molecule has 0 unspecified atom stereocenters. The molecule has 1 fully saturated rings. The molecule has 0 saturated heterocycles. The van der Waals surface area contributed by atoms with E-state index in [1.165, 1.54) is 12.1 Å². The third-order valence-corrected chi connectivity index (χ3v) is 4.64. The van der Waals surface area contributed by atoms with Crippen molar-refractivity contribution < 1.29 is 28.3 Å². The van der Waals surface area contributed by atoms with E-state index < -0.39 is 30.7 Å². The Labute approximate surface area is 182 Å². The molecule has 0 atom stereocenters. The van der Waals surface area contributed by atoms with Gasteiger partial charge in [-0.15, -0.1) is 0 Å². The molecule has 1 aliphatic rings. The third-order valence-electron chi connectivity index (χ3n) is 4.64. The average Bonchev–Trinajstić information content (AvgIpc) is 3.60. The smallest absolute Gasteiger partial charge is 0.344 e. The Morgan fingerprint density at radius 1 is 1.00 bits per heavy atom. The van der Waals surface area contributed by atoms with Crippen LogP contribution in [0.5, 0.6) is 5.75 Å². The Hall–Kier alpha value is -4.14. The van der Waals surface area contributed by atoms with Crippen molar-refractivity contribution in [3.8, 4) is 5.75 Å². The maximum Gasteiger partial charge on any atom is 0.344 e. The molecule has 0 spiro atoms. The van der Waals surface area contributed by atoms with Crippen LogP contribution in [0.4, 0.5) is 5.69 Å². The van der Waals surface area contributed by atoms with Crippen LogP contribution in [-0.2, 0) is 14.3 Å². The highest BCUT2D eigenvalue weighted by molar-refractivity contribution is 5.98. The van der Waals surface area contributed by atoms with Crippen molar-refractivity contribution in [3.63, 3.8) is 0 Å². The van der Waals surface area contributed by atoms with Gasteiger partial charge in [-0.1, -0.05) is 6.07 Å². The van der Waals surface area contributed by atoms with E-state index in [2.05, 4.69) is 10.6 Å². The van der Waals surface area contributed by atoms with Gasteiger partial charge in [-0.25, -0.2) is 9.59 Å². The minimum atomic E-state index is -0.743. The highest BCUT2D eigenvalue weighted by atomic mass is 16.6. The van der Waals surface area contributed by atoms with Crippen molar-refractivity contribution in [2.75, 3.05) is 18.5 Å². The Balaban J connectivity index is 1.24. The SMILES string of the molecule is O=C(COC(=O)COc1ccc2ccc(=O)oc2c1)Nc1cccc(C(=O)NC2CC2)c1. The van der Waals surface area contributed by atoms with Gasteiger partial charge in [0, 0.05) is 34.8 Å². The van der Waals surface area contributed by atoms with Gasteiger partial charge in [0.2, 0.25) is 0 Å². The normalized spacial score (nSPS) is 12.8. The van der Waals surface area contributed by atoms with E-state index in [9.17, 15) is 19.2 Å². The second-order valence-electron chi connectivity index (χ2n) is 7.28. The van der Waals surface area contributed by atoms with Crippen molar-refractivity contribution in [1.82, 2.24) is 5.32 Å². The number of benzene rings is 2.